The summed E-state index contributed by atoms with van der Waals surface area (Å²) in [6, 6.07) is 6.97. The van der Waals surface area contributed by atoms with Gasteiger partial charge in [-0.1, -0.05) is 30.3 Å². The number of ketones is 1. The van der Waals surface area contributed by atoms with Gasteiger partial charge in [-0.2, -0.15) is 0 Å². The predicted octanol–water partition coefficient (Wildman–Crippen LogP) is -2.10. The van der Waals surface area contributed by atoms with Gasteiger partial charge in [0.2, 0.25) is 11.4 Å². The largest absolute Gasteiger partial charge is 0.479 e. The van der Waals surface area contributed by atoms with Gasteiger partial charge in [-0.25, -0.2) is 4.79 Å². The molecule has 8 nitrogen and oxygen atoms in total. The SMILES string of the molecule is O=C(O)C1(O)C[C@@H](O)C(O)[C@H](O)C1(O)C(=O)c1ccccc1. The molecule has 22 heavy (non-hydrogen) atoms. The van der Waals surface area contributed by atoms with Crippen LogP contribution in [0.5, 0.6) is 0 Å². The number of aliphatic carboxylic acids is 1. The van der Waals surface area contributed by atoms with Crippen molar-refractivity contribution in [1.82, 2.24) is 0 Å². The van der Waals surface area contributed by atoms with E-state index in [0.717, 1.165) is 0 Å². The molecule has 1 saturated carbocycles. The lowest BCUT2D eigenvalue weighted by atomic mass is 9.64. The zero-order valence-corrected chi connectivity index (χ0v) is 11.3. The molecular formula is C14H16O8. The Bertz CT molecular complexity index is 588. The van der Waals surface area contributed by atoms with E-state index in [0.29, 0.717) is 0 Å². The third-order valence-corrected chi connectivity index (χ3v) is 4.02. The van der Waals surface area contributed by atoms with Crippen LogP contribution in [0.4, 0.5) is 0 Å². The van der Waals surface area contributed by atoms with Crippen molar-refractivity contribution in [3.63, 3.8) is 0 Å². The van der Waals surface area contributed by atoms with Crippen LogP contribution in [0, 0.1) is 0 Å². The third-order valence-electron chi connectivity index (χ3n) is 4.02. The zero-order chi connectivity index (χ0) is 16.7. The molecule has 1 aromatic rings. The number of Topliss-reactive ketones (excluding diaryl/α,β-unsaturated/α-hetero) is 1. The lowest BCUT2D eigenvalue weighted by Crippen LogP contribution is -2.76. The van der Waals surface area contributed by atoms with Gasteiger partial charge in [0.05, 0.1) is 6.10 Å². The smallest absolute Gasteiger partial charge is 0.339 e. The van der Waals surface area contributed by atoms with Gasteiger partial charge in [0.25, 0.3) is 0 Å². The maximum atomic E-state index is 12.5. The van der Waals surface area contributed by atoms with Crippen molar-refractivity contribution in [2.45, 2.75) is 35.9 Å². The summed E-state index contributed by atoms with van der Waals surface area (Å²) in [5, 5.41) is 59.2. The quantitative estimate of drug-likeness (QED) is 0.347. The van der Waals surface area contributed by atoms with Crippen LogP contribution in [0.25, 0.3) is 0 Å². The van der Waals surface area contributed by atoms with Gasteiger partial charge >= 0.3 is 5.97 Å². The predicted molar refractivity (Wildman–Crippen MR) is 70.9 cm³/mol. The maximum absolute atomic E-state index is 12.5. The second kappa shape index (κ2) is 5.41. The van der Waals surface area contributed by atoms with Crippen molar-refractivity contribution in [2.24, 2.45) is 0 Å². The highest BCUT2D eigenvalue weighted by Crippen LogP contribution is 2.40. The number of carbonyl (C=O) groups is 2. The van der Waals surface area contributed by atoms with Gasteiger partial charge in [-0.3, -0.25) is 4.79 Å². The molecule has 1 aliphatic carbocycles. The fourth-order valence-electron chi connectivity index (χ4n) is 2.66. The van der Waals surface area contributed by atoms with Gasteiger partial charge in [0, 0.05) is 12.0 Å². The van der Waals surface area contributed by atoms with E-state index in [1.54, 1.807) is 6.07 Å². The molecule has 0 amide bonds. The number of rotatable bonds is 3. The monoisotopic (exact) mass is 312 g/mol. The van der Waals surface area contributed by atoms with Crippen LogP contribution in [0.2, 0.25) is 0 Å². The summed E-state index contributed by atoms with van der Waals surface area (Å²) in [5.74, 6) is -3.26. The van der Waals surface area contributed by atoms with Crippen LogP contribution in [-0.4, -0.2) is 71.9 Å². The first kappa shape index (κ1) is 16.5. The lowest BCUT2D eigenvalue weighted by Gasteiger charge is -2.49. The summed E-state index contributed by atoms with van der Waals surface area (Å²) in [6.45, 7) is 0. The average Bonchev–Trinajstić information content (AvgIpc) is 2.51. The number of aliphatic hydroxyl groups excluding tert-OH is 3. The molecule has 6 N–H and O–H groups in total. The second-order valence-electron chi connectivity index (χ2n) is 5.33. The highest BCUT2D eigenvalue weighted by molar-refractivity contribution is 6.07. The molecule has 0 bridgehead atoms. The van der Waals surface area contributed by atoms with Crippen LogP contribution >= 0.6 is 0 Å². The molecule has 0 aliphatic heterocycles. The van der Waals surface area contributed by atoms with E-state index in [9.17, 15) is 40.2 Å². The molecule has 5 atom stereocenters. The van der Waals surface area contributed by atoms with E-state index >= 15 is 0 Å². The molecule has 1 fully saturated rings. The minimum Gasteiger partial charge on any atom is -0.479 e. The molecule has 0 saturated heterocycles. The van der Waals surface area contributed by atoms with E-state index in [-0.39, 0.29) is 5.56 Å². The molecule has 1 aliphatic rings. The van der Waals surface area contributed by atoms with Crippen molar-refractivity contribution >= 4 is 11.8 Å². The van der Waals surface area contributed by atoms with Crippen LogP contribution in [0.3, 0.4) is 0 Å². The molecule has 8 heteroatoms. The Hall–Kier alpha value is -1.84. The minimum absolute atomic E-state index is 0.160. The zero-order valence-electron chi connectivity index (χ0n) is 11.3. The lowest BCUT2D eigenvalue weighted by molar-refractivity contribution is -0.252. The normalized spacial score (nSPS) is 38.5. The Morgan fingerprint density at radius 1 is 1.05 bits per heavy atom. The second-order valence-corrected chi connectivity index (χ2v) is 5.33. The third kappa shape index (κ3) is 2.13. The highest BCUT2D eigenvalue weighted by Gasteiger charge is 2.69. The molecule has 120 valence electrons. The number of aliphatic hydroxyl groups is 5. The Kier molecular flexibility index (Phi) is 4.07. The number of carboxylic acids is 1. The van der Waals surface area contributed by atoms with Crippen molar-refractivity contribution in [3.05, 3.63) is 35.9 Å². The van der Waals surface area contributed by atoms with E-state index in [2.05, 4.69) is 0 Å². The standard InChI is InChI=1S/C14H16O8/c15-8-6-13(21,12(19)20)14(22,11(18)9(8)16)10(17)7-4-2-1-3-5-7/h1-5,8-9,11,15-16,18,21-22H,6H2,(H,19,20)/t8-,9?,11+,13?,14?/m1/s1. The summed E-state index contributed by atoms with van der Waals surface area (Å²) in [5.41, 5.74) is -6.52. The van der Waals surface area contributed by atoms with Crippen molar-refractivity contribution in [3.8, 4) is 0 Å². The van der Waals surface area contributed by atoms with Crippen LogP contribution in [-0.2, 0) is 4.79 Å². The summed E-state index contributed by atoms with van der Waals surface area (Å²) < 4.78 is 0. The summed E-state index contributed by atoms with van der Waals surface area (Å²) in [6.07, 6.45) is -7.21. The van der Waals surface area contributed by atoms with E-state index in [1.165, 1.54) is 24.3 Å². The summed E-state index contributed by atoms with van der Waals surface area (Å²) >= 11 is 0. The average molecular weight is 312 g/mol. The van der Waals surface area contributed by atoms with Crippen molar-refractivity contribution < 1.29 is 40.2 Å². The topological polar surface area (TPSA) is 156 Å². The fourth-order valence-corrected chi connectivity index (χ4v) is 2.66. The van der Waals surface area contributed by atoms with Gasteiger partial charge in [0.1, 0.15) is 12.2 Å². The van der Waals surface area contributed by atoms with Gasteiger partial charge in [-0.05, 0) is 0 Å². The van der Waals surface area contributed by atoms with Gasteiger partial charge < -0.3 is 30.6 Å². The first-order chi connectivity index (χ1) is 10.2. The number of benzene rings is 1. The Morgan fingerprint density at radius 2 is 1.59 bits per heavy atom. The Labute approximate surface area is 124 Å². The molecule has 0 spiro atoms. The number of hydrogen-bond donors (Lipinski definition) is 6. The van der Waals surface area contributed by atoms with E-state index < -0.39 is 47.7 Å². The summed E-state index contributed by atoms with van der Waals surface area (Å²) in [4.78, 5) is 23.8. The summed E-state index contributed by atoms with van der Waals surface area (Å²) in [7, 11) is 0. The fraction of sp³-hybridized carbons (Fsp3) is 0.429. The van der Waals surface area contributed by atoms with Crippen LogP contribution in [0.1, 0.15) is 16.8 Å². The minimum atomic E-state index is -3.21. The van der Waals surface area contributed by atoms with E-state index in [1.807, 2.05) is 0 Å². The molecule has 0 aromatic heterocycles. The first-order valence-electron chi connectivity index (χ1n) is 6.48. The highest BCUT2D eigenvalue weighted by atomic mass is 16.4. The maximum Gasteiger partial charge on any atom is 0.339 e. The molecule has 3 unspecified atom stereocenters. The molecule has 0 radical (unpaired) electrons. The molecule has 1 aromatic carbocycles. The van der Waals surface area contributed by atoms with Crippen molar-refractivity contribution in [1.29, 1.82) is 0 Å². The molecular weight excluding hydrogens is 296 g/mol. The van der Waals surface area contributed by atoms with Crippen LogP contribution < -0.4 is 0 Å². The number of carboxylic acid groups (broad SMARTS) is 1. The first-order valence-corrected chi connectivity index (χ1v) is 6.48. The molecule has 0 heterocycles. The van der Waals surface area contributed by atoms with E-state index in [4.69, 9.17) is 0 Å². The molecule has 2 rings (SSSR count). The Morgan fingerprint density at radius 3 is 2.09 bits per heavy atom. The van der Waals surface area contributed by atoms with Gasteiger partial charge in [-0.15, -0.1) is 0 Å². The number of carbonyl (C=O) groups excluding carboxylic acids is 1. The van der Waals surface area contributed by atoms with Gasteiger partial charge in [0.15, 0.2) is 5.60 Å². The Balaban J connectivity index is 2.59. The number of hydrogen-bond acceptors (Lipinski definition) is 7. The van der Waals surface area contributed by atoms with Crippen molar-refractivity contribution in [2.75, 3.05) is 0 Å². The van der Waals surface area contributed by atoms with Crippen LogP contribution in [0.15, 0.2) is 30.3 Å².